The van der Waals surface area contributed by atoms with Gasteiger partial charge in [-0.2, -0.15) is 4.98 Å². The van der Waals surface area contributed by atoms with E-state index in [1.54, 1.807) is 6.26 Å². The van der Waals surface area contributed by atoms with Crippen molar-refractivity contribution in [2.45, 2.75) is 26.9 Å². The van der Waals surface area contributed by atoms with Crippen LogP contribution in [0.3, 0.4) is 0 Å². The highest BCUT2D eigenvalue weighted by Gasteiger charge is 2.13. The zero-order valence-corrected chi connectivity index (χ0v) is 13.6. The predicted octanol–water partition coefficient (Wildman–Crippen LogP) is 2.75. The minimum absolute atomic E-state index is 0.139. The molecule has 0 saturated heterocycles. The van der Waals surface area contributed by atoms with E-state index in [9.17, 15) is 0 Å². The largest absolute Gasteiger partial charge is 0.481 e. The third-order valence-corrected chi connectivity index (χ3v) is 3.50. The standard InChI is InChI=1S/C17H19N5O2/c1-3-13-14(15(18)22-17(19)21-13)23-8-12-9-24-16(20-12)11-6-4-5-10(2)7-11/h4-7,9H,3,8H2,1-2H3,(H4,18,19,21,22). The molecule has 0 fully saturated rings. The molecule has 2 aromatic heterocycles. The van der Waals surface area contributed by atoms with Crippen molar-refractivity contribution in [1.82, 2.24) is 15.0 Å². The van der Waals surface area contributed by atoms with Gasteiger partial charge in [0.2, 0.25) is 11.8 Å². The molecule has 3 rings (SSSR count). The van der Waals surface area contributed by atoms with Gasteiger partial charge in [0.05, 0.1) is 5.69 Å². The van der Waals surface area contributed by atoms with E-state index in [4.69, 9.17) is 20.6 Å². The highest BCUT2D eigenvalue weighted by atomic mass is 16.5. The molecule has 0 unspecified atom stereocenters. The van der Waals surface area contributed by atoms with Crippen LogP contribution in [0, 0.1) is 6.92 Å². The molecule has 0 saturated carbocycles. The first-order valence-corrected chi connectivity index (χ1v) is 7.63. The van der Waals surface area contributed by atoms with Crippen LogP contribution in [0.4, 0.5) is 11.8 Å². The Hall–Kier alpha value is -3.09. The molecular weight excluding hydrogens is 306 g/mol. The molecule has 2 heterocycles. The summed E-state index contributed by atoms with van der Waals surface area (Å²) in [6, 6.07) is 7.94. The zero-order chi connectivity index (χ0) is 17.1. The van der Waals surface area contributed by atoms with Crippen molar-refractivity contribution in [2.24, 2.45) is 0 Å². The molecule has 0 aliphatic heterocycles. The van der Waals surface area contributed by atoms with Gasteiger partial charge in [-0.1, -0.05) is 24.6 Å². The lowest BCUT2D eigenvalue weighted by Gasteiger charge is -2.10. The summed E-state index contributed by atoms with van der Waals surface area (Å²) in [5.41, 5.74) is 14.9. The summed E-state index contributed by atoms with van der Waals surface area (Å²) in [6.45, 7) is 4.17. The molecule has 7 heteroatoms. The number of rotatable bonds is 5. The van der Waals surface area contributed by atoms with Gasteiger partial charge >= 0.3 is 0 Å². The van der Waals surface area contributed by atoms with Crippen LogP contribution in [0.2, 0.25) is 0 Å². The van der Waals surface area contributed by atoms with E-state index in [1.165, 1.54) is 0 Å². The normalized spacial score (nSPS) is 10.8. The van der Waals surface area contributed by atoms with Gasteiger partial charge in [-0.05, 0) is 25.5 Å². The van der Waals surface area contributed by atoms with Crippen LogP contribution in [0.5, 0.6) is 5.75 Å². The first-order chi connectivity index (χ1) is 11.6. The summed E-state index contributed by atoms with van der Waals surface area (Å²) >= 11 is 0. The molecule has 4 N–H and O–H groups in total. The summed E-state index contributed by atoms with van der Waals surface area (Å²) in [7, 11) is 0. The maximum Gasteiger partial charge on any atom is 0.226 e. The second-order valence-electron chi connectivity index (χ2n) is 5.40. The van der Waals surface area contributed by atoms with E-state index in [1.807, 2.05) is 38.1 Å². The van der Waals surface area contributed by atoms with Crippen molar-refractivity contribution in [3.63, 3.8) is 0 Å². The minimum atomic E-state index is 0.139. The van der Waals surface area contributed by atoms with Crippen molar-refractivity contribution in [2.75, 3.05) is 11.5 Å². The van der Waals surface area contributed by atoms with E-state index in [-0.39, 0.29) is 18.4 Å². The van der Waals surface area contributed by atoms with Gasteiger partial charge in [-0.3, -0.25) is 0 Å². The number of hydrogen-bond donors (Lipinski definition) is 2. The number of benzene rings is 1. The quantitative estimate of drug-likeness (QED) is 0.741. The van der Waals surface area contributed by atoms with Gasteiger partial charge in [0.1, 0.15) is 18.6 Å². The van der Waals surface area contributed by atoms with E-state index < -0.39 is 0 Å². The molecule has 7 nitrogen and oxygen atoms in total. The lowest BCUT2D eigenvalue weighted by atomic mass is 10.1. The average Bonchev–Trinajstić information content (AvgIpc) is 3.02. The molecule has 3 aromatic rings. The number of ether oxygens (including phenoxy) is 1. The second-order valence-corrected chi connectivity index (χ2v) is 5.40. The molecule has 1 aromatic carbocycles. The fraction of sp³-hybridized carbons (Fsp3) is 0.235. The number of nitrogen functional groups attached to an aromatic ring is 2. The smallest absolute Gasteiger partial charge is 0.226 e. The Balaban J connectivity index is 1.77. The average molecular weight is 325 g/mol. The zero-order valence-electron chi connectivity index (χ0n) is 13.6. The Morgan fingerprint density at radius 3 is 2.75 bits per heavy atom. The molecule has 0 bridgehead atoms. The topological polar surface area (TPSA) is 113 Å². The molecule has 0 radical (unpaired) electrons. The van der Waals surface area contributed by atoms with Gasteiger partial charge in [-0.25, -0.2) is 9.97 Å². The van der Waals surface area contributed by atoms with E-state index >= 15 is 0 Å². The van der Waals surface area contributed by atoms with Crippen molar-refractivity contribution >= 4 is 11.8 Å². The Bertz CT molecular complexity index is 860. The Labute approximate surface area is 139 Å². The maximum absolute atomic E-state index is 5.87. The highest BCUT2D eigenvalue weighted by Crippen LogP contribution is 2.26. The summed E-state index contributed by atoms with van der Waals surface area (Å²) < 4.78 is 11.3. The molecule has 0 atom stereocenters. The van der Waals surface area contributed by atoms with Crippen LogP contribution in [0.25, 0.3) is 11.5 Å². The maximum atomic E-state index is 5.87. The van der Waals surface area contributed by atoms with E-state index in [2.05, 4.69) is 15.0 Å². The number of nitrogens with zero attached hydrogens (tertiary/aromatic N) is 3. The van der Waals surface area contributed by atoms with Gasteiger partial charge in [-0.15, -0.1) is 0 Å². The summed E-state index contributed by atoms with van der Waals surface area (Å²) in [4.78, 5) is 12.5. The minimum Gasteiger partial charge on any atom is -0.481 e. The first-order valence-electron chi connectivity index (χ1n) is 7.63. The van der Waals surface area contributed by atoms with Crippen molar-refractivity contribution in [1.29, 1.82) is 0 Å². The van der Waals surface area contributed by atoms with Crippen molar-refractivity contribution in [3.05, 3.63) is 47.5 Å². The Kier molecular flexibility index (Phi) is 4.33. The predicted molar refractivity (Wildman–Crippen MR) is 91.2 cm³/mol. The van der Waals surface area contributed by atoms with Crippen molar-refractivity contribution < 1.29 is 9.15 Å². The fourth-order valence-electron chi connectivity index (χ4n) is 2.36. The number of aromatic nitrogens is 3. The third kappa shape index (κ3) is 3.29. The molecule has 0 spiro atoms. The number of oxazole rings is 1. The molecule has 0 aliphatic rings. The third-order valence-electron chi connectivity index (χ3n) is 3.50. The summed E-state index contributed by atoms with van der Waals surface area (Å²) in [5, 5.41) is 0. The van der Waals surface area contributed by atoms with Crippen LogP contribution in [0.15, 0.2) is 34.9 Å². The van der Waals surface area contributed by atoms with Crippen molar-refractivity contribution in [3.8, 4) is 17.2 Å². The van der Waals surface area contributed by atoms with Crippen LogP contribution < -0.4 is 16.2 Å². The molecule has 0 amide bonds. The van der Waals surface area contributed by atoms with Gasteiger partial charge in [0.25, 0.3) is 0 Å². The number of anilines is 2. The van der Waals surface area contributed by atoms with E-state index in [0.29, 0.717) is 29.4 Å². The van der Waals surface area contributed by atoms with Crippen LogP contribution in [0.1, 0.15) is 23.9 Å². The molecule has 0 aliphatic carbocycles. The van der Waals surface area contributed by atoms with Gasteiger partial charge in [0, 0.05) is 5.56 Å². The fourth-order valence-corrected chi connectivity index (χ4v) is 2.36. The number of nitrogens with two attached hydrogens (primary N) is 2. The number of hydrogen-bond acceptors (Lipinski definition) is 7. The van der Waals surface area contributed by atoms with E-state index in [0.717, 1.165) is 11.1 Å². The lowest BCUT2D eigenvalue weighted by Crippen LogP contribution is -2.08. The Morgan fingerprint density at radius 1 is 1.17 bits per heavy atom. The molecular formula is C17H19N5O2. The summed E-state index contributed by atoms with van der Waals surface area (Å²) in [6.07, 6.45) is 2.21. The first kappa shape index (κ1) is 15.8. The van der Waals surface area contributed by atoms with Gasteiger partial charge in [0.15, 0.2) is 11.6 Å². The molecule has 124 valence electrons. The van der Waals surface area contributed by atoms with Crippen LogP contribution in [-0.4, -0.2) is 15.0 Å². The van der Waals surface area contributed by atoms with Crippen LogP contribution in [-0.2, 0) is 13.0 Å². The lowest BCUT2D eigenvalue weighted by molar-refractivity contribution is 0.297. The summed E-state index contributed by atoms with van der Waals surface area (Å²) in [5.74, 6) is 1.35. The SMILES string of the molecule is CCc1nc(N)nc(N)c1OCc1coc(-c2cccc(C)c2)n1. The Morgan fingerprint density at radius 2 is 2.00 bits per heavy atom. The highest BCUT2D eigenvalue weighted by molar-refractivity contribution is 5.54. The van der Waals surface area contributed by atoms with Gasteiger partial charge < -0.3 is 20.6 Å². The molecule has 24 heavy (non-hydrogen) atoms. The number of aryl methyl sites for hydroxylation is 2. The monoisotopic (exact) mass is 325 g/mol. The van der Waals surface area contributed by atoms with Crippen LogP contribution >= 0.6 is 0 Å². The second kappa shape index (κ2) is 6.57.